The summed E-state index contributed by atoms with van der Waals surface area (Å²) in [6, 6.07) is 6.56. The fourth-order valence-corrected chi connectivity index (χ4v) is 3.68. The number of hydrogen-bond donors (Lipinski definition) is 1. The van der Waals surface area contributed by atoms with Crippen molar-refractivity contribution in [3.8, 4) is 5.75 Å². The Bertz CT molecular complexity index is 553. The number of carbonyl (C=O) groups is 1. The molecule has 1 aromatic rings. The Morgan fingerprint density at radius 2 is 2.11 bits per heavy atom. The van der Waals surface area contributed by atoms with Crippen LogP contribution in [0.25, 0.3) is 0 Å². The molecule has 0 radical (unpaired) electrons. The van der Waals surface area contributed by atoms with Gasteiger partial charge in [-0.3, -0.25) is 4.79 Å². The molecule has 98 valence electrons. The normalized spacial score (nSPS) is 21.5. The number of ether oxygens (including phenoxy) is 1. The monoisotopic (exact) mass is 269 g/mol. The number of amides is 1. The molecule has 0 saturated carbocycles. The van der Waals surface area contributed by atoms with Crippen molar-refractivity contribution in [1.29, 1.82) is 0 Å². The summed E-state index contributed by atoms with van der Waals surface area (Å²) >= 11 is 0. The summed E-state index contributed by atoms with van der Waals surface area (Å²) in [5, 5.41) is 2.73. The highest BCUT2D eigenvalue weighted by molar-refractivity contribution is 7.91. The largest absolute Gasteiger partial charge is 0.496 e. The molecule has 0 unspecified atom stereocenters. The van der Waals surface area contributed by atoms with E-state index in [2.05, 4.69) is 5.32 Å². The predicted octanol–water partition coefficient (Wildman–Crippen LogP) is 0.612. The number of hydrogen-bond acceptors (Lipinski definition) is 4. The molecule has 0 aliphatic carbocycles. The zero-order chi connectivity index (χ0) is 13.2. The van der Waals surface area contributed by atoms with Gasteiger partial charge in [0.1, 0.15) is 5.75 Å². The van der Waals surface area contributed by atoms with Gasteiger partial charge in [0.15, 0.2) is 9.84 Å². The first-order valence-electron chi connectivity index (χ1n) is 5.66. The van der Waals surface area contributed by atoms with Gasteiger partial charge in [0.25, 0.3) is 5.91 Å². The third-order valence-electron chi connectivity index (χ3n) is 2.92. The van der Waals surface area contributed by atoms with Crippen molar-refractivity contribution >= 4 is 15.7 Å². The number of benzene rings is 1. The number of sulfone groups is 1. The Labute approximate surface area is 106 Å². The van der Waals surface area contributed by atoms with Gasteiger partial charge in [0.05, 0.1) is 24.2 Å². The fourth-order valence-electron chi connectivity index (χ4n) is 2.00. The molecule has 1 saturated heterocycles. The van der Waals surface area contributed by atoms with Crippen molar-refractivity contribution in [1.82, 2.24) is 5.32 Å². The lowest BCUT2D eigenvalue weighted by Crippen LogP contribution is -2.35. The summed E-state index contributed by atoms with van der Waals surface area (Å²) in [5.41, 5.74) is 0.421. The van der Waals surface area contributed by atoms with Gasteiger partial charge in [-0.25, -0.2) is 8.42 Å². The fraction of sp³-hybridized carbons (Fsp3) is 0.417. The zero-order valence-electron chi connectivity index (χ0n) is 10.0. The Balaban J connectivity index is 2.09. The van der Waals surface area contributed by atoms with E-state index in [-0.39, 0.29) is 23.5 Å². The van der Waals surface area contributed by atoms with Gasteiger partial charge >= 0.3 is 0 Å². The summed E-state index contributed by atoms with van der Waals surface area (Å²) in [6.45, 7) is 0. The van der Waals surface area contributed by atoms with Crippen LogP contribution in [0.5, 0.6) is 5.75 Å². The SMILES string of the molecule is COc1ccccc1C(=O)N[C@H]1CCS(=O)(=O)C1. The van der Waals surface area contributed by atoms with Crippen LogP contribution < -0.4 is 10.1 Å². The van der Waals surface area contributed by atoms with Crippen molar-refractivity contribution in [2.45, 2.75) is 12.5 Å². The van der Waals surface area contributed by atoms with Crippen molar-refractivity contribution in [2.24, 2.45) is 0 Å². The molecule has 2 rings (SSSR count). The van der Waals surface area contributed by atoms with E-state index in [1.165, 1.54) is 7.11 Å². The lowest BCUT2D eigenvalue weighted by molar-refractivity contribution is 0.0938. The third-order valence-corrected chi connectivity index (χ3v) is 4.69. The molecule has 1 aromatic carbocycles. The molecule has 1 aliphatic rings. The molecular formula is C12H15NO4S. The van der Waals surface area contributed by atoms with Crippen molar-refractivity contribution in [3.05, 3.63) is 29.8 Å². The minimum Gasteiger partial charge on any atom is -0.496 e. The maximum atomic E-state index is 12.0. The van der Waals surface area contributed by atoms with Gasteiger partial charge in [-0.05, 0) is 18.6 Å². The molecule has 1 amide bonds. The zero-order valence-corrected chi connectivity index (χ0v) is 10.9. The summed E-state index contributed by atoms with van der Waals surface area (Å²) in [7, 11) is -1.49. The molecule has 0 aromatic heterocycles. The number of rotatable bonds is 3. The standard InChI is InChI=1S/C12H15NO4S/c1-17-11-5-3-2-4-10(11)12(14)13-9-6-7-18(15,16)8-9/h2-5,9H,6-8H2,1H3,(H,13,14)/t9-/m0/s1. The van der Waals surface area contributed by atoms with Crippen LogP contribution in [-0.4, -0.2) is 39.0 Å². The van der Waals surface area contributed by atoms with Crippen LogP contribution in [0, 0.1) is 0 Å². The van der Waals surface area contributed by atoms with E-state index in [1.807, 2.05) is 0 Å². The molecule has 1 atom stereocenters. The van der Waals surface area contributed by atoms with Gasteiger partial charge in [0.2, 0.25) is 0 Å². The van der Waals surface area contributed by atoms with Crippen LogP contribution in [-0.2, 0) is 9.84 Å². The number of carbonyl (C=O) groups excluding carboxylic acids is 1. The van der Waals surface area contributed by atoms with E-state index in [0.717, 1.165) is 0 Å². The van der Waals surface area contributed by atoms with Crippen molar-refractivity contribution in [3.63, 3.8) is 0 Å². The van der Waals surface area contributed by atoms with Crippen LogP contribution in [0.3, 0.4) is 0 Å². The van der Waals surface area contributed by atoms with E-state index >= 15 is 0 Å². The smallest absolute Gasteiger partial charge is 0.255 e. The minimum absolute atomic E-state index is 0.0217. The molecule has 1 N–H and O–H groups in total. The van der Waals surface area contributed by atoms with E-state index in [9.17, 15) is 13.2 Å². The molecular weight excluding hydrogens is 254 g/mol. The molecule has 1 aliphatic heterocycles. The van der Waals surface area contributed by atoms with E-state index in [0.29, 0.717) is 17.7 Å². The van der Waals surface area contributed by atoms with Crippen LogP contribution in [0.2, 0.25) is 0 Å². The number of methoxy groups -OCH3 is 1. The summed E-state index contributed by atoms with van der Waals surface area (Å²) < 4.78 is 27.7. The molecule has 18 heavy (non-hydrogen) atoms. The molecule has 1 heterocycles. The van der Waals surface area contributed by atoms with Crippen molar-refractivity contribution < 1.29 is 17.9 Å². The Morgan fingerprint density at radius 3 is 2.72 bits per heavy atom. The highest BCUT2D eigenvalue weighted by Crippen LogP contribution is 2.18. The molecule has 1 fully saturated rings. The lowest BCUT2D eigenvalue weighted by Gasteiger charge is -2.12. The van der Waals surface area contributed by atoms with E-state index < -0.39 is 9.84 Å². The summed E-state index contributed by atoms with van der Waals surface area (Å²) in [4.78, 5) is 12.0. The minimum atomic E-state index is -2.98. The van der Waals surface area contributed by atoms with Crippen LogP contribution in [0.15, 0.2) is 24.3 Å². The second-order valence-corrected chi connectivity index (χ2v) is 6.50. The lowest BCUT2D eigenvalue weighted by atomic mass is 10.1. The second kappa shape index (κ2) is 4.97. The van der Waals surface area contributed by atoms with Gasteiger partial charge < -0.3 is 10.1 Å². The summed E-state index contributed by atoms with van der Waals surface area (Å²) in [6.07, 6.45) is 0.475. The number of para-hydroxylation sites is 1. The van der Waals surface area contributed by atoms with E-state index in [4.69, 9.17) is 4.74 Å². The average Bonchev–Trinajstić information content (AvgIpc) is 2.68. The first-order valence-corrected chi connectivity index (χ1v) is 7.48. The highest BCUT2D eigenvalue weighted by Gasteiger charge is 2.29. The number of nitrogens with one attached hydrogen (secondary N) is 1. The Morgan fingerprint density at radius 1 is 1.39 bits per heavy atom. The van der Waals surface area contributed by atoms with Gasteiger partial charge in [-0.1, -0.05) is 12.1 Å². The first kappa shape index (κ1) is 12.9. The van der Waals surface area contributed by atoms with Crippen molar-refractivity contribution in [2.75, 3.05) is 18.6 Å². The predicted molar refractivity (Wildman–Crippen MR) is 67.5 cm³/mol. The molecule has 5 nitrogen and oxygen atoms in total. The molecule has 0 bridgehead atoms. The first-order chi connectivity index (χ1) is 8.52. The van der Waals surface area contributed by atoms with Crippen LogP contribution >= 0.6 is 0 Å². The second-order valence-electron chi connectivity index (χ2n) is 4.27. The summed E-state index contributed by atoms with van der Waals surface area (Å²) in [5.74, 6) is 0.350. The average molecular weight is 269 g/mol. The van der Waals surface area contributed by atoms with E-state index in [1.54, 1.807) is 24.3 Å². The van der Waals surface area contributed by atoms with Crippen LogP contribution in [0.4, 0.5) is 0 Å². The van der Waals surface area contributed by atoms with Gasteiger partial charge in [-0.15, -0.1) is 0 Å². The quantitative estimate of drug-likeness (QED) is 0.872. The van der Waals surface area contributed by atoms with Crippen LogP contribution in [0.1, 0.15) is 16.8 Å². The maximum Gasteiger partial charge on any atom is 0.255 e. The Hall–Kier alpha value is -1.56. The van der Waals surface area contributed by atoms with Gasteiger partial charge in [-0.2, -0.15) is 0 Å². The molecule has 0 spiro atoms. The molecule has 6 heteroatoms. The maximum absolute atomic E-state index is 12.0. The van der Waals surface area contributed by atoms with Gasteiger partial charge in [0, 0.05) is 6.04 Å². The third kappa shape index (κ3) is 2.81. The highest BCUT2D eigenvalue weighted by atomic mass is 32.2. The topological polar surface area (TPSA) is 72.5 Å². The Kier molecular flexibility index (Phi) is 3.56.